The first-order valence-corrected chi connectivity index (χ1v) is 9.75. The number of thiocarbonyl (C=S) groups is 1. The fourth-order valence-electron chi connectivity index (χ4n) is 2.38. The van der Waals surface area contributed by atoms with E-state index in [1.807, 2.05) is 6.08 Å². The number of carbonyl (C=O) groups is 1. The molecule has 122 valence electrons. The van der Waals surface area contributed by atoms with Gasteiger partial charge < -0.3 is 9.45 Å². The van der Waals surface area contributed by atoms with Crippen LogP contribution in [0.15, 0.2) is 22.8 Å². The molecule has 10 heteroatoms. The molecule has 2 saturated heterocycles. The van der Waals surface area contributed by atoms with Gasteiger partial charge in [0.1, 0.15) is 4.32 Å². The van der Waals surface area contributed by atoms with Crippen LogP contribution < -0.4 is 51.4 Å². The molecule has 2 rings (SSSR count). The summed E-state index contributed by atoms with van der Waals surface area (Å²) in [5, 5.41) is 0. The zero-order chi connectivity index (χ0) is 16.3. The van der Waals surface area contributed by atoms with E-state index in [0.717, 1.165) is 37.7 Å². The number of likely N-dealkylation sites (tertiary alicyclic amines) is 1. The van der Waals surface area contributed by atoms with Crippen LogP contribution in [0, 0.1) is 0 Å². The second kappa shape index (κ2) is 9.44. The summed E-state index contributed by atoms with van der Waals surface area (Å²) in [5.41, 5.74) is 1.19. The van der Waals surface area contributed by atoms with Gasteiger partial charge in [-0.05, 0) is 31.9 Å². The van der Waals surface area contributed by atoms with Gasteiger partial charge in [-0.2, -0.15) is 0 Å². The minimum absolute atomic E-state index is 0. The maximum absolute atomic E-state index is 12.2. The average molecular weight is 401 g/mol. The molecular formula is C13H17KN2O4S3. The fourth-order valence-corrected chi connectivity index (χ4v) is 4.04. The minimum Gasteiger partial charge on any atom is -0.748 e. The van der Waals surface area contributed by atoms with Crippen molar-refractivity contribution in [2.75, 3.05) is 25.4 Å². The molecule has 0 aliphatic carbocycles. The number of thioether (sulfide) groups is 1. The summed E-state index contributed by atoms with van der Waals surface area (Å²) in [6.07, 6.45) is 5.75. The Bertz CT molecular complexity index is 646. The van der Waals surface area contributed by atoms with E-state index in [1.54, 1.807) is 6.08 Å². The maximum atomic E-state index is 12.2. The quantitative estimate of drug-likeness (QED) is 0.235. The van der Waals surface area contributed by atoms with Crippen LogP contribution in [0.1, 0.15) is 19.8 Å². The summed E-state index contributed by atoms with van der Waals surface area (Å²) < 4.78 is 32.3. The predicted octanol–water partition coefficient (Wildman–Crippen LogP) is -1.72. The zero-order valence-electron chi connectivity index (χ0n) is 13.1. The van der Waals surface area contributed by atoms with Crippen molar-refractivity contribution in [3.63, 3.8) is 0 Å². The second-order valence-electron chi connectivity index (χ2n) is 4.96. The second-order valence-corrected chi connectivity index (χ2v) is 8.16. The van der Waals surface area contributed by atoms with Crippen LogP contribution in [-0.4, -0.2) is 58.4 Å². The number of amides is 1. The van der Waals surface area contributed by atoms with Gasteiger partial charge in [-0.3, -0.25) is 9.69 Å². The molecule has 0 aromatic carbocycles. The zero-order valence-corrected chi connectivity index (χ0v) is 18.7. The molecule has 0 bridgehead atoms. The SMILES string of the molecule is CCN1CCCC1=CC=C1SC(=S)N(CCS(=O)(=O)[O-])C1=O.[K+]. The average Bonchev–Trinajstić information content (AvgIpc) is 2.98. The normalized spacial score (nSPS) is 22.3. The molecule has 0 N–H and O–H groups in total. The standard InChI is InChI=1S/C13H18N2O4S3.K/c1-2-14-7-3-4-10(14)5-6-11-12(16)15(13(20)21-11)8-9-22(17,18)19;/h5-6H,2-4,7-9H2,1H3,(H,17,18,19);/q;+1/p-1. The number of hydrogen-bond acceptors (Lipinski definition) is 7. The number of hydrogen-bond donors (Lipinski definition) is 0. The Morgan fingerprint density at radius 3 is 2.70 bits per heavy atom. The van der Waals surface area contributed by atoms with Crippen molar-refractivity contribution in [1.29, 1.82) is 0 Å². The van der Waals surface area contributed by atoms with E-state index < -0.39 is 15.9 Å². The van der Waals surface area contributed by atoms with E-state index in [9.17, 15) is 17.8 Å². The summed E-state index contributed by atoms with van der Waals surface area (Å²) in [7, 11) is -4.36. The number of carbonyl (C=O) groups excluding carboxylic acids is 1. The third kappa shape index (κ3) is 6.19. The molecule has 0 saturated carbocycles. The van der Waals surface area contributed by atoms with E-state index in [0.29, 0.717) is 4.91 Å². The third-order valence-electron chi connectivity index (χ3n) is 3.51. The number of rotatable bonds is 5. The van der Waals surface area contributed by atoms with Crippen molar-refractivity contribution in [3.8, 4) is 0 Å². The first-order valence-electron chi connectivity index (χ1n) is 6.95. The topological polar surface area (TPSA) is 80.8 Å². The van der Waals surface area contributed by atoms with Gasteiger partial charge in [0.2, 0.25) is 0 Å². The molecule has 0 unspecified atom stereocenters. The van der Waals surface area contributed by atoms with Crippen LogP contribution in [0.3, 0.4) is 0 Å². The van der Waals surface area contributed by atoms with Crippen molar-refractivity contribution in [1.82, 2.24) is 9.80 Å². The smallest absolute Gasteiger partial charge is 0.748 e. The molecule has 2 aliphatic rings. The Morgan fingerprint density at radius 2 is 2.09 bits per heavy atom. The van der Waals surface area contributed by atoms with E-state index in [4.69, 9.17) is 12.2 Å². The molecule has 0 aromatic rings. The molecule has 0 atom stereocenters. The van der Waals surface area contributed by atoms with Crippen LogP contribution >= 0.6 is 24.0 Å². The summed E-state index contributed by atoms with van der Waals surface area (Å²) >= 11 is 6.21. The monoisotopic (exact) mass is 400 g/mol. The Kier molecular flexibility index (Phi) is 8.94. The van der Waals surface area contributed by atoms with Gasteiger partial charge in [-0.15, -0.1) is 0 Å². The van der Waals surface area contributed by atoms with Crippen LogP contribution in [0.2, 0.25) is 0 Å². The Labute approximate surface area is 188 Å². The van der Waals surface area contributed by atoms with Gasteiger partial charge >= 0.3 is 51.4 Å². The summed E-state index contributed by atoms with van der Waals surface area (Å²) in [6.45, 7) is 3.86. The molecule has 1 amide bonds. The molecule has 0 spiro atoms. The molecular weight excluding hydrogens is 383 g/mol. The van der Waals surface area contributed by atoms with Crippen LogP contribution in [0.5, 0.6) is 0 Å². The first kappa shape index (κ1) is 21.8. The van der Waals surface area contributed by atoms with Crippen molar-refractivity contribution in [3.05, 3.63) is 22.8 Å². The van der Waals surface area contributed by atoms with Gasteiger partial charge in [0.25, 0.3) is 5.91 Å². The predicted molar refractivity (Wildman–Crippen MR) is 89.1 cm³/mol. The van der Waals surface area contributed by atoms with Crippen molar-refractivity contribution < 1.29 is 69.1 Å². The molecule has 2 fully saturated rings. The molecule has 23 heavy (non-hydrogen) atoms. The largest absolute Gasteiger partial charge is 1.00 e. The maximum Gasteiger partial charge on any atom is 1.00 e. The summed E-state index contributed by atoms with van der Waals surface area (Å²) in [4.78, 5) is 16.1. The van der Waals surface area contributed by atoms with Crippen molar-refractivity contribution >= 4 is 44.3 Å². The van der Waals surface area contributed by atoms with Crippen LogP contribution in [0.25, 0.3) is 0 Å². The molecule has 0 radical (unpaired) electrons. The van der Waals surface area contributed by atoms with E-state index in [2.05, 4.69) is 11.8 Å². The molecule has 6 nitrogen and oxygen atoms in total. The van der Waals surface area contributed by atoms with E-state index >= 15 is 0 Å². The minimum atomic E-state index is -4.36. The van der Waals surface area contributed by atoms with Gasteiger partial charge in [0, 0.05) is 25.3 Å². The summed E-state index contributed by atoms with van der Waals surface area (Å²) in [6, 6.07) is 0. The first-order chi connectivity index (χ1) is 10.3. The number of nitrogens with zero attached hydrogens (tertiary/aromatic N) is 2. The molecule has 2 heterocycles. The van der Waals surface area contributed by atoms with Crippen molar-refractivity contribution in [2.45, 2.75) is 19.8 Å². The Morgan fingerprint density at radius 1 is 1.39 bits per heavy atom. The van der Waals surface area contributed by atoms with Crippen molar-refractivity contribution in [2.24, 2.45) is 0 Å². The van der Waals surface area contributed by atoms with Gasteiger partial charge in [0.15, 0.2) is 0 Å². The van der Waals surface area contributed by atoms with Gasteiger partial charge in [-0.25, -0.2) is 8.42 Å². The van der Waals surface area contributed by atoms with Gasteiger partial charge in [-0.1, -0.05) is 24.0 Å². The van der Waals surface area contributed by atoms with E-state index in [-0.39, 0.29) is 68.2 Å². The fraction of sp³-hybridized carbons (Fsp3) is 0.538. The van der Waals surface area contributed by atoms with Gasteiger partial charge in [0.05, 0.1) is 20.8 Å². The van der Waals surface area contributed by atoms with E-state index in [1.165, 1.54) is 10.6 Å². The summed E-state index contributed by atoms with van der Waals surface area (Å²) in [5.74, 6) is -0.964. The van der Waals surface area contributed by atoms with Crippen LogP contribution in [-0.2, 0) is 14.9 Å². The third-order valence-corrected chi connectivity index (χ3v) is 5.59. The number of allylic oxidation sites excluding steroid dienone is 3. The Hall–Kier alpha value is 0.736. The molecule has 0 aromatic heterocycles. The van der Waals surface area contributed by atoms with Crippen LogP contribution in [0.4, 0.5) is 0 Å². The Balaban J connectivity index is 0.00000264. The molecule has 2 aliphatic heterocycles.